The molecular formula is C39H48ClN3O6. The second-order valence-electron chi connectivity index (χ2n) is 13.3. The van der Waals surface area contributed by atoms with Crippen molar-refractivity contribution in [2.45, 2.75) is 59.3 Å². The van der Waals surface area contributed by atoms with Gasteiger partial charge < -0.3 is 19.7 Å². The number of esters is 2. The molecule has 1 aliphatic rings. The first-order chi connectivity index (χ1) is 22.9. The number of non-ortho nitro benzene ring substituents is 1. The molecule has 3 aromatic rings. The zero-order valence-corrected chi connectivity index (χ0v) is 30.0. The van der Waals surface area contributed by atoms with Gasteiger partial charge in [0.25, 0.3) is 5.69 Å². The summed E-state index contributed by atoms with van der Waals surface area (Å²) in [5, 5.41) is 14.8. The van der Waals surface area contributed by atoms with Gasteiger partial charge in [-0.3, -0.25) is 10.1 Å². The fraction of sp³-hybridized carbons (Fsp3) is 0.385. The monoisotopic (exact) mass is 689 g/mol. The van der Waals surface area contributed by atoms with Gasteiger partial charge in [0, 0.05) is 41.4 Å². The van der Waals surface area contributed by atoms with Crippen LogP contribution in [-0.2, 0) is 19.1 Å². The third kappa shape index (κ3) is 10.3. The summed E-state index contributed by atoms with van der Waals surface area (Å²) in [5.41, 5.74) is 3.94. The zero-order chi connectivity index (χ0) is 34.8. The molecule has 0 spiro atoms. The van der Waals surface area contributed by atoms with Crippen molar-refractivity contribution in [3.05, 3.63) is 134 Å². The number of halogens is 1. The molecule has 262 valence electrons. The smallest absolute Gasteiger partial charge is 0.336 e. The predicted molar refractivity (Wildman–Crippen MR) is 194 cm³/mol. The standard InChI is InChI=1S/C39H47N3O6.ClH/c1-7-23-47-37(43)34-27(2)40-28(3)35(36(34)31-19-14-20-32(24-31)42(45)46)38(44)48-26-39(4,5)25-41(6)22-21-33(29-15-10-8-11-16-29)30-17-12-9-13-18-30;/h8-20,24,33,36,40H,7,21-23,25-26H2,1-6H3;1H. The first-order valence-corrected chi connectivity index (χ1v) is 16.5. The lowest BCUT2D eigenvalue weighted by Crippen LogP contribution is -2.37. The second-order valence-corrected chi connectivity index (χ2v) is 13.3. The highest BCUT2D eigenvalue weighted by atomic mass is 35.5. The number of benzene rings is 3. The van der Waals surface area contributed by atoms with E-state index in [0.717, 1.165) is 13.0 Å². The SMILES string of the molecule is CCCOC(=O)C1=C(C)NC(C)=C(C(=O)OCC(C)(C)CN(C)CCC(c2ccccc2)c2ccccc2)C1c1cccc([N+](=O)[O-])c1.Cl. The van der Waals surface area contributed by atoms with Gasteiger partial charge in [-0.1, -0.05) is 93.6 Å². The highest BCUT2D eigenvalue weighted by Crippen LogP contribution is 2.40. The van der Waals surface area contributed by atoms with E-state index < -0.39 is 28.2 Å². The van der Waals surface area contributed by atoms with Crippen LogP contribution in [0.15, 0.2) is 107 Å². The molecule has 0 radical (unpaired) electrons. The van der Waals surface area contributed by atoms with E-state index in [0.29, 0.717) is 29.9 Å². The minimum Gasteiger partial charge on any atom is -0.462 e. The third-order valence-corrected chi connectivity index (χ3v) is 8.55. The molecule has 1 unspecified atom stereocenters. The number of hydrogen-bond acceptors (Lipinski definition) is 8. The highest BCUT2D eigenvalue weighted by Gasteiger charge is 2.39. The van der Waals surface area contributed by atoms with E-state index in [1.807, 2.05) is 19.1 Å². The van der Waals surface area contributed by atoms with E-state index >= 15 is 0 Å². The molecular weight excluding hydrogens is 642 g/mol. The number of ether oxygens (including phenoxy) is 2. The Balaban J connectivity index is 0.00000650. The van der Waals surface area contributed by atoms with E-state index in [9.17, 15) is 19.7 Å². The van der Waals surface area contributed by atoms with Gasteiger partial charge in [0.2, 0.25) is 0 Å². The van der Waals surface area contributed by atoms with Gasteiger partial charge in [-0.2, -0.15) is 0 Å². The number of carbonyl (C=O) groups excluding carboxylic acids is 2. The maximum Gasteiger partial charge on any atom is 0.336 e. The summed E-state index contributed by atoms with van der Waals surface area (Å²) in [6.45, 7) is 11.3. The fourth-order valence-electron chi connectivity index (χ4n) is 6.40. The molecule has 49 heavy (non-hydrogen) atoms. The van der Waals surface area contributed by atoms with Gasteiger partial charge in [0.05, 0.1) is 35.2 Å². The number of carbonyl (C=O) groups is 2. The molecule has 4 rings (SSSR count). The van der Waals surface area contributed by atoms with Crippen LogP contribution >= 0.6 is 12.4 Å². The number of dihydropyridines is 1. The molecule has 1 aliphatic heterocycles. The Morgan fingerprint density at radius 1 is 0.898 bits per heavy atom. The first kappa shape index (κ1) is 39.0. The average Bonchev–Trinajstić information content (AvgIpc) is 3.06. The van der Waals surface area contributed by atoms with Crippen molar-refractivity contribution >= 4 is 30.0 Å². The maximum atomic E-state index is 13.9. The number of hydrogen-bond donors (Lipinski definition) is 1. The van der Waals surface area contributed by atoms with Gasteiger partial charge in [0.15, 0.2) is 0 Å². The fourth-order valence-corrected chi connectivity index (χ4v) is 6.40. The van der Waals surface area contributed by atoms with E-state index in [-0.39, 0.29) is 48.4 Å². The predicted octanol–water partition coefficient (Wildman–Crippen LogP) is 7.93. The minimum atomic E-state index is -0.901. The van der Waals surface area contributed by atoms with Crippen LogP contribution in [0.5, 0.6) is 0 Å². The first-order valence-electron chi connectivity index (χ1n) is 16.5. The third-order valence-electron chi connectivity index (χ3n) is 8.55. The van der Waals surface area contributed by atoms with Gasteiger partial charge in [-0.05, 0) is 57.0 Å². The summed E-state index contributed by atoms with van der Waals surface area (Å²) in [4.78, 5) is 40.7. The van der Waals surface area contributed by atoms with Gasteiger partial charge in [0.1, 0.15) is 0 Å². The lowest BCUT2D eigenvalue weighted by atomic mass is 9.80. The van der Waals surface area contributed by atoms with E-state index in [1.165, 1.54) is 23.3 Å². The summed E-state index contributed by atoms with van der Waals surface area (Å²) < 4.78 is 11.5. The van der Waals surface area contributed by atoms with Gasteiger partial charge in [-0.25, -0.2) is 9.59 Å². The van der Waals surface area contributed by atoms with Crippen LogP contribution in [-0.4, -0.2) is 55.1 Å². The van der Waals surface area contributed by atoms with Crippen molar-refractivity contribution < 1.29 is 24.0 Å². The summed E-state index contributed by atoms with van der Waals surface area (Å²) in [7, 11) is 2.08. The molecule has 3 aromatic carbocycles. The molecule has 0 aromatic heterocycles. The molecule has 0 saturated carbocycles. The Kier molecular flexibility index (Phi) is 14.1. The summed E-state index contributed by atoms with van der Waals surface area (Å²) in [5.74, 6) is -1.82. The molecule has 0 amide bonds. The van der Waals surface area contributed by atoms with Crippen LogP contribution in [0.25, 0.3) is 0 Å². The van der Waals surface area contributed by atoms with Crippen LogP contribution in [0.4, 0.5) is 5.69 Å². The number of rotatable bonds is 15. The number of nitro benzene ring substituents is 1. The molecule has 1 heterocycles. The Morgan fingerprint density at radius 2 is 1.45 bits per heavy atom. The van der Waals surface area contributed by atoms with Crippen molar-refractivity contribution in [2.75, 3.05) is 33.4 Å². The topological polar surface area (TPSA) is 111 Å². The molecule has 9 nitrogen and oxygen atoms in total. The number of nitrogens with one attached hydrogen (secondary N) is 1. The van der Waals surface area contributed by atoms with Crippen molar-refractivity contribution in [1.29, 1.82) is 0 Å². The summed E-state index contributed by atoms with van der Waals surface area (Å²) >= 11 is 0. The molecule has 1 N–H and O–H groups in total. The Morgan fingerprint density at radius 3 is 1.98 bits per heavy atom. The average molecular weight is 690 g/mol. The zero-order valence-electron chi connectivity index (χ0n) is 29.2. The van der Waals surface area contributed by atoms with E-state index in [1.54, 1.807) is 26.0 Å². The van der Waals surface area contributed by atoms with Crippen LogP contribution in [0.1, 0.15) is 76.0 Å². The molecule has 0 bridgehead atoms. The molecule has 0 saturated heterocycles. The lowest BCUT2D eigenvalue weighted by Gasteiger charge is -2.33. The van der Waals surface area contributed by atoms with Gasteiger partial charge in [-0.15, -0.1) is 12.4 Å². The molecule has 0 aliphatic carbocycles. The lowest BCUT2D eigenvalue weighted by molar-refractivity contribution is -0.384. The van der Waals surface area contributed by atoms with Crippen molar-refractivity contribution in [1.82, 2.24) is 10.2 Å². The summed E-state index contributed by atoms with van der Waals surface area (Å²) in [6.07, 6.45) is 1.55. The Labute approximate surface area is 295 Å². The number of nitrogens with zero attached hydrogens (tertiary/aromatic N) is 2. The van der Waals surface area contributed by atoms with Crippen LogP contribution in [0, 0.1) is 15.5 Å². The number of nitro groups is 1. The van der Waals surface area contributed by atoms with E-state index in [2.05, 4.69) is 79.6 Å². The maximum absolute atomic E-state index is 13.9. The highest BCUT2D eigenvalue weighted by molar-refractivity contribution is 6.00. The molecule has 10 heteroatoms. The van der Waals surface area contributed by atoms with Crippen LogP contribution in [0.3, 0.4) is 0 Å². The Hall–Kier alpha value is -4.47. The Bertz CT molecular complexity index is 1620. The van der Waals surface area contributed by atoms with Crippen molar-refractivity contribution in [2.24, 2.45) is 5.41 Å². The van der Waals surface area contributed by atoms with E-state index in [4.69, 9.17) is 9.47 Å². The normalized spacial score (nSPS) is 14.7. The molecule has 0 fully saturated rings. The van der Waals surface area contributed by atoms with Crippen LogP contribution in [0.2, 0.25) is 0 Å². The minimum absolute atomic E-state index is 0. The van der Waals surface area contributed by atoms with Crippen molar-refractivity contribution in [3.63, 3.8) is 0 Å². The number of allylic oxidation sites excluding steroid dienone is 2. The van der Waals surface area contributed by atoms with Crippen molar-refractivity contribution in [3.8, 4) is 0 Å². The summed E-state index contributed by atoms with van der Waals surface area (Å²) in [6, 6.07) is 27.1. The largest absolute Gasteiger partial charge is 0.462 e. The van der Waals surface area contributed by atoms with Gasteiger partial charge >= 0.3 is 11.9 Å². The molecule has 1 atom stereocenters. The second kappa shape index (κ2) is 17.8. The quantitative estimate of drug-likeness (QED) is 0.0973. The van der Waals surface area contributed by atoms with Crippen LogP contribution < -0.4 is 5.32 Å².